The fourth-order valence-corrected chi connectivity index (χ4v) is 1.10. The first kappa shape index (κ1) is 8.08. The first-order chi connectivity index (χ1) is 4.88. The number of hydrogen-bond donors (Lipinski definition) is 1. The third-order valence-corrected chi connectivity index (χ3v) is 1.63. The predicted molar refractivity (Wildman–Crippen MR) is 45.3 cm³/mol. The fourth-order valence-electron chi connectivity index (χ4n) is 1.10. The minimum Gasteiger partial charge on any atom is -0.473 e. The van der Waals surface area contributed by atoms with Gasteiger partial charge in [0.05, 0.1) is 0 Å². The summed E-state index contributed by atoms with van der Waals surface area (Å²) in [5.41, 5.74) is 2.05. The van der Waals surface area contributed by atoms with E-state index < -0.39 is 0 Å². The molecule has 3 heteroatoms. The van der Waals surface area contributed by atoms with Gasteiger partial charge < -0.3 is 4.74 Å². The molecule has 0 amide bonds. The van der Waals surface area contributed by atoms with Gasteiger partial charge in [-0.1, -0.05) is 18.2 Å². The van der Waals surface area contributed by atoms with Crippen molar-refractivity contribution in [2.45, 2.75) is 6.61 Å². The van der Waals surface area contributed by atoms with Crippen LogP contribution >= 0.6 is 12.4 Å². The van der Waals surface area contributed by atoms with E-state index in [-0.39, 0.29) is 12.4 Å². The van der Waals surface area contributed by atoms with Crippen LogP contribution < -0.4 is 0 Å². The highest BCUT2D eigenvalue weighted by molar-refractivity contribution is 5.95. The Hall–Kier alpha value is -1.02. The highest BCUT2D eigenvalue weighted by atomic mass is 35.5. The first-order valence-corrected chi connectivity index (χ1v) is 3.17. The molecule has 1 N–H and O–H groups in total. The number of halogens is 1. The molecule has 2 rings (SSSR count). The molecular formula is C8H8ClNO. The Labute approximate surface area is 71.1 Å². The number of hydrogen-bond acceptors (Lipinski definition) is 2. The van der Waals surface area contributed by atoms with Crippen molar-refractivity contribution >= 4 is 18.3 Å². The lowest BCUT2D eigenvalue weighted by Gasteiger charge is -1.90. The van der Waals surface area contributed by atoms with E-state index in [4.69, 9.17) is 10.1 Å². The van der Waals surface area contributed by atoms with Gasteiger partial charge in [-0.25, -0.2) is 0 Å². The van der Waals surface area contributed by atoms with Gasteiger partial charge in [0.15, 0.2) is 0 Å². The van der Waals surface area contributed by atoms with Crippen molar-refractivity contribution in [2.75, 3.05) is 0 Å². The minimum absolute atomic E-state index is 0. The average molecular weight is 170 g/mol. The lowest BCUT2D eigenvalue weighted by Crippen LogP contribution is -1.92. The van der Waals surface area contributed by atoms with Gasteiger partial charge in [-0.05, 0) is 6.07 Å². The summed E-state index contributed by atoms with van der Waals surface area (Å²) in [5.74, 6) is 0.301. The van der Waals surface area contributed by atoms with Crippen molar-refractivity contribution in [2.24, 2.45) is 0 Å². The molecule has 1 aromatic rings. The van der Waals surface area contributed by atoms with E-state index in [9.17, 15) is 0 Å². The molecule has 1 aliphatic rings. The van der Waals surface area contributed by atoms with E-state index in [2.05, 4.69) is 0 Å². The van der Waals surface area contributed by atoms with Crippen LogP contribution in [-0.2, 0) is 11.3 Å². The zero-order chi connectivity index (χ0) is 6.97. The standard InChI is InChI=1S/C8H7NO.ClH/c9-8-7-4-2-1-3-6(7)5-10-8;/h1-4,9H,5H2;1H. The Bertz CT molecular complexity index is 285. The smallest absolute Gasteiger partial charge is 0.213 e. The quantitative estimate of drug-likeness (QED) is 0.633. The summed E-state index contributed by atoms with van der Waals surface area (Å²) in [6, 6.07) is 7.77. The maximum absolute atomic E-state index is 7.31. The summed E-state index contributed by atoms with van der Waals surface area (Å²) in [6.07, 6.45) is 0. The molecule has 0 atom stereocenters. The van der Waals surface area contributed by atoms with Gasteiger partial charge in [0, 0.05) is 11.1 Å². The highest BCUT2D eigenvalue weighted by Gasteiger charge is 2.15. The Morgan fingerprint density at radius 2 is 2.00 bits per heavy atom. The molecule has 1 aliphatic heterocycles. The maximum atomic E-state index is 7.31. The van der Waals surface area contributed by atoms with Crippen LogP contribution in [0.3, 0.4) is 0 Å². The van der Waals surface area contributed by atoms with Crippen molar-refractivity contribution in [3.8, 4) is 0 Å². The topological polar surface area (TPSA) is 33.1 Å². The molecule has 11 heavy (non-hydrogen) atoms. The predicted octanol–water partition coefficient (Wildman–Crippen LogP) is 1.96. The van der Waals surface area contributed by atoms with Gasteiger partial charge in [0.25, 0.3) is 0 Å². The summed E-state index contributed by atoms with van der Waals surface area (Å²) in [5, 5.41) is 7.31. The SMILES string of the molecule is Cl.N=C1OCc2ccccc21. The number of nitrogens with one attached hydrogen (secondary N) is 1. The van der Waals surface area contributed by atoms with Crippen LogP contribution in [0, 0.1) is 5.41 Å². The molecule has 0 aromatic heterocycles. The summed E-state index contributed by atoms with van der Waals surface area (Å²) in [7, 11) is 0. The van der Waals surface area contributed by atoms with E-state index >= 15 is 0 Å². The monoisotopic (exact) mass is 169 g/mol. The molecule has 0 saturated carbocycles. The maximum Gasteiger partial charge on any atom is 0.213 e. The number of benzene rings is 1. The molecule has 0 spiro atoms. The molecule has 0 radical (unpaired) electrons. The Morgan fingerprint density at radius 1 is 1.27 bits per heavy atom. The van der Waals surface area contributed by atoms with Crippen molar-refractivity contribution < 1.29 is 4.74 Å². The molecule has 0 fully saturated rings. The van der Waals surface area contributed by atoms with E-state index in [1.165, 1.54) is 0 Å². The van der Waals surface area contributed by atoms with Gasteiger partial charge in [-0.3, -0.25) is 5.41 Å². The molecule has 0 aliphatic carbocycles. The van der Waals surface area contributed by atoms with Crippen molar-refractivity contribution in [1.29, 1.82) is 5.41 Å². The van der Waals surface area contributed by atoms with Gasteiger partial charge in [0.1, 0.15) is 6.61 Å². The molecule has 58 valence electrons. The van der Waals surface area contributed by atoms with Crippen LogP contribution in [0.5, 0.6) is 0 Å². The van der Waals surface area contributed by atoms with Crippen LogP contribution in [0.1, 0.15) is 11.1 Å². The Morgan fingerprint density at radius 3 is 2.73 bits per heavy atom. The van der Waals surface area contributed by atoms with Crippen LogP contribution in [0.15, 0.2) is 24.3 Å². The zero-order valence-corrected chi connectivity index (χ0v) is 6.65. The molecular weight excluding hydrogens is 162 g/mol. The molecule has 0 saturated heterocycles. The van der Waals surface area contributed by atoms with E-state index in [1.807, 2.05) is 24.3 Å². The van der Waals surface area contributed by atoms with E-state index in [0.717, 1.165) is 11.1 Å². The third kappa shape index (κ3) is 1.21. The number of ether oxygens (including phenoxy) is 1. The van der Waals surface area contributed by atoms with Gasteiger partial charge in [-0.2, -0.15) is 0 Å². The summed E-state index contributed by atoms with van der Waals surface area (Å²) < 4.78 is 5.01. The second-order valence-electron chi connectivity index (χ2n) is 2.27. The van der Waals surface area contributed by atoms with Crippen molar-refractivity contribution in [3.05, 3.63) is 35.4 Å². The lowest BCUT2D eigenvalue weighted by atomic mass is 10.1. The summed E-state index contributed by atoms with van der Waals surface area (Å²) in [6.45, 7) is 0.564. The second kappa shape index (κ2) is 2.93. The van der Waals surface area contributed by atoms with Gasteiger partial charge in [0.2, 0.25) is 5.90 Å². The molecule has 2 nitrogen and oxygen atoms in total. The zero-order valence-electron chi connectivity index (χ0n) is 5.83. The fraction of sp³-hybridized carbons (Fsp3) is 0.125. The molecule has 1 aromatic carbocycles. The number of rotatable bonds is 0. The van der Waals surface area contributed by atoms with Crippen LogP contribution in [0.4, 0.5) is 0 Å². The second-order valence-corrected chi connectivity index (χ2v) is 2.27. The lowest BCUT2D eigenvalue weighted by molar-refractivity contribution is 0.310. The summed E-state index contributed by atoms with van der Waals surface area (Å²) >= 11 is 0. The van der Waals surface area contributed by atoms with E-state index in [0.29, 0.717) is 12.5 Å². The molecule has 0 bridgehead atoms. The first-order valence-electron chi connectivity index (χ1n) is 3.17. The third-order valence-electron chi connectivity index (χ3n) is 1.63. The Kier molecular flexibility index (Phi) is 2.15. The number of fused-ring (bicyclic) bond motifs is 1. The highest BCUT2D eigenvalue weighted by Crippen LogP contribution is 2.17. The minimum atomic E-state index is 0. The van der Waals surface area contributed by atoms with Crippen LogP contribution in [-0.4, -0.2) is 5.90 Å². The van der Waals surface area contributed by atoms with Crippen LogP contribution in [0.25, 0.3) is 0 Å². The normalized spacial score (nSPS) is 13.3. The average Bonchev–Trinajstić information content (AvgIpc) is 2.34. The largest absolute Gasteiger partial charge is 0.473 e. The van der Waals surface area contributed by atoms with Gasteiger partial charge in [-0.15, -0.1) is 12.4 Å². The van der Waals surface area contributed by atoms with Crippen molar-refractivity contribution in [3.63, 3.8) is 0 Å². The van der Waals surface area contributed by atoms with Crippen molar-refractivity contribution in [1.82, 2.24) is 0 Å². The van der Waals surface area contributed by atoms with Crippen LogP contribution in [0.2, 0.25) is 0 Å². The Balaban J connectivity index is 0.000000605. The molecule has 0 unspecified atom stereocenters. The molecule has 1 heterocycles. The summed E-state index contributed by atoms with van der Waals surface area (Å²) in [4.78, 5) is 0. The van der Waals surface area contributed by atoms with E-state index in [1.54, 1.807) is 0 Å². The van der Waals surface area contributed by atoms with Gasteiger partial charge >= 0.3 is 0 Å².